The molecule has 1 spiro atoms. The number of amides is 1. The summed E-state index contributed by atoms with van der Waals surface area (Å²) in [7, 11) is 1.66. The van der Waals surface area contributed by atoms with Crippen LogP contribution in [-0.4, -0.2) is 45.2 Å². The predicted octanol–water partition coefficient (Wildman–Crippen LogP) is 3.17. The molecule has 0 saturated carbocycles. The number of carbonyl (C=O) groups is 2. The number of fused-ring (bicyclic) bond motifs is 2. The first kappa shape index (κ1) is 20.4. The molecule has 5 rings (SSSR count). The molecule has 1 aromatic heterocycles. The van der Waals surface area contributed by atoms with Gasteiger partial charge in [0.15, 0.2) is 0 Å². The number of imidazole rings is 1. The number of rotatable bonds is 2. The summed E-state index contributed by atoms with van der Waals surface area (Å²) in [5, 5.41) is 0. The average molecular weight is 435 g/mol. The highest BCUT2D eigenvalue weighted by molar-refractivity contribution is 5.97. The first-order valence-electron chi connectivity index (χ1n) is 10.8. The Bertz CT molecular complexity index is 1290. The fraction of sp³-hybridized carbons (Fsp3) is 0.375. The van der Waals surface area contributed by atoms with E-state index in [2.05, 4.69) is 18.8 Å². The van der Waals surface area contributed by atoms with Crippen LogP contribution in [0.3, 0.4) is 0 Å². The number of benzene rings is 2. The van der Waals surface area contributed by atoms with E-state index in [1.165, 1.54) is 4.57 Å². The molecule has 2 aromatic carbocycles. The molecule has 8 nitrogen and oxygen atoms in total. The highest BCUT2D eigenvalue weighted by Crippen LogP contribution is 2.38. The fourth-order valence-corrected chi connectivity index (χ4v) is 4.39. The number of aryl methyl sites for hydroxylation is 1. The fourth-order valence-electron chi connectivity index (χ4n) is 4.39. The lowest BCUT2D eigenvalue weighted by Crippen LogP contribution is -2.53. The number of nitrogens with zero attached hydrogens (tertiary/aromatic N) is 2. The molecule has 2 aliphatic rings. The van der Waals surface area contributed by atoms with Crippen molar-refractivity contribution < 1.29 is 19.1 Å². The van der Waals surface area contributed by atoms with Crippen LogP contribution < -0.4 is 10.4 Å². The molecule has 0 atom stereocenters. The van der Waals surface area contributed by atoms with Gasteiger partial charge in [-0.3, -0.25) is 9.36 Å². The second-order valence-corrected chi connectivity index (χ2v) is 8.83. The Morgan fingerprint density at radius 3 is 2.53 bits per heavy atom. The van der Waals surface area contributed by atoms with Crippen molar-refractivity contribution in [1.29, 1.82) is 0 Å². The van der Waals surface area contributed by atoms with E-state index in [9.17, 15) is 14.4 Å². The maximum absolute atomic E-state index is 13.1. The molecule has 8 heteroatoms. The average Bonchev–Trinajstić information content (AvgIpc) is 3.06. The third-order valence-electron chi connectivity index (χ3n) is 6.43. The van der Waals surface area contributed by atoms with E-state index in [1.807, 2.05) is 18.2 Å². The number of esters is 1. The zero-order valence-corrected chi connectivity index (χ0v) is 18.3. The van der Waals surface area contributed by atoms with Gasteiger partial charge in [-0.15, -0.1) is 0 Å². The van der Waals surface area contributed by atoms with Crippen LogP contribution in [0.25, 0.3) is 11.0 Å². The lowest BCUT2D eigenvalue weighted by atomic mass is 9.97. The number of likely N-dealkylation sites (tertiary alicyclic amines) is 1. The van der Waals surface area contributed by atoms with Gasteiger partial charge in [-0.1, -0.05) is 19.9 Å². The van der Waals surface area contributed by atoms with Gasteiger partial charge in [-0.05, 0) is 41.8 Å². The number of hydrogen-bond acceptors (Lipinski definition) is 5. The molecule has 1 amide bonds. The lowest BCUT2D eigenvalue weighted by molar-refractivity contribution is -0.177. The van der Waals surface area contributed by atoms with E-state index in [4.69, 9.17) is 9.47 Å². The van der Waals surface area contributed by atoms with Gasteiger partial charge in [0, 0.05) is 38.5 Å². The van der Waals surface area contributed by atoms with Crippen LogP contribution >= 0.6 is 0 Å². The number of nitrogens with one attached hydrogen (secondary N) is 1. The maximum atomic E-state index is 13.1. The number of H-pyrrole nitrogens is 1. The Balaban J connectivity index is 1.33. The zero-order valence-electron chi connectivity index (χ0n) is 18.3. The summed E-state index contributed by atoms with van der Waals surface area (Å²) in [5.41, 5.74) is 3.16. The van der Waals surface area contributed by atoms with Gasteiger partial charge in [-0.2, -0.15) is 0 Å². The van der Waals surface area contributed by atoms with Gasteiger partial charge in [0.1, 0.15) is 11.3 Å². The molecule has 0 aliphatic carbocycles. The first-order valence-corrected chi connectivity index (χ1v) is 10.8. The molecule has 1 saturated heterocycles. The molecular formula is C24H25N3O5. The first-order chi connectivity index (χ1) is 15.3. The highest BCUT2D eigenvalue weighted by atomic mass is 16.7. The van der Waals surface area contributed by atoms with Crippen LogP contribution in [0, 0.1) is 0 Å². The van der Waals surface area contributed by atoms with Crippen LogP contribution in [0.5, 0.6) is 5.75 Å². The van der Waals surface area contributed by atoms with Crippen molar-refractivity contribution in [3.8, 4) is 5.75 Å². The van der Waals surface area contributed by atoms with Crippen molar-refractivity contribution in [2.75, 3.05) is 13.1 Å². The minimum Gasteiger partial charge on any atom is -0.451 e. The molecule has 0 bridgehead atoms. The van der Waals surface area contributed by atoms with Gasteiger partial charge < -0.3 is 19.4 Å². The molecule has 3 aromatic rings. The van der Waals surface area contributed by atoms with E-state index in [1.54, 1.807) is 30.1 Å². The van der Waals surface area contributed by atoms with Crippen molar-refractivity contribution in [3.63, 3.8) is 0 Å². The SMILES string of the molecule is CC(C)c1ccc2c(c1)C(=O)OC1(CCN(C(=O)c3ccc4[nH]c(=O)n(C)c4c3)CC1)O2. The van der Waals surface area contributed by atoms with Gasteiger partial charge in [0.25, 0.3) is 11.7 Å². The molecule has 1 N–H and O–H groups in total. The van der Waals surface area contributed by atoms with Crippen LogP contribution in [0.15, 0.2) is 41.2 Å². The zero-order chi connectivity index (χ0) is 22.6. The normalized spacial score (nSPS) is 17.4. The van der Waals surface area contributed by atoms with Crippen molar-refractivity contribution in [1.82, 2.24) is 14.5 Å². The lowest BCUT2D eigenvalue weighted by Gasteiger charge is -2.43. The van der Waals surface area contributed by atoms with Crippen LogP contribution in [0.4, 0.5) is 0 Å². The summed E-state index contributed by atoms with van der Waals surface area (Å²) in [6.07, 6.45) is 0.779. The summed E-state index contributed by atoms with van der Waals surface area (Å²) in [4.78, 5) is 42.1. The van der Waals surface area contributed by atoms with E-state index < -0.39 is 5.79 Å². The van der Waals surface area contributed by atoms with Crippen molar-refractivity contribution in [2.24, 2.45) is 7.05 Å². The second-order valence-electron chi connectivity index (χ2n) is 8.83. The number of piperidine rings is 1. The highest BCUT2D eigenvalue weighted by Gasteiger charge is 2.45. The van der Waals surface area contributed by atoms with Crippen LogP contribution in [0.2, 0.25) is 0 Å². The Morgan fingerprint density at radius 1 is 1.06 bits per heavy atom. The Morgan fingerprint density at radius 2 is 1.81 bits per heavy atom. The molecule has 166 valence electrons. The number of aromatic nitrogens is 2. The molecular weight excluding hydrogens is 410 g/mol. The van der Waals surface area contributed by atoms with Crippen molar-refractivity contribution >= 4 is 22.9 Å². The number of carbonyl (C=O) groups excluding carboxylic acids is 2. The third-order valence-corrected chi connectivity index (χ3v) is 6.43. The minimum absolute atomic E-state index is 0.125. The van der Waals surface area contributed by atoms with E-state index in [-0.39, 0.29) is 17.6 Å². The molecule has 0 unspecified atom stereocenters. The number of aromatic amines is 1. The van der Waals surface area contributed by atoms with Gasteiger partial charge in [0.05, 0.1) is 11.0 Å². The van der Waals surface area contributed by atoms with Crippen LogP contribution in [-0.2, 0) is 11.8 Å². The molecule has 1 fully saturated rings. The molecule has 32 heavy (non-hydrogen) atoms. The van der Waals surface area contributed by atoms with Crippen molar-refractivity contribution in [3.05, 3.63) is 63.6 Å². The maximum Gasteiger partial charge on any atom is 0.345 e. The Kier molecular flexibility index (Phi) is 4.62. The summed E-state index contributed by atoms with van der Waals surface area (Å²) < 4.78 is 13.4. The topological polar surface area (TPSA) is 93.6 Å². The summed E-state index contributed by atoms with van der Waals surface area (Å²) >= 11 is 0. The van der Waals surface area contributed by atoms with E-state index in [0.29, 0.717) is 59.8 Å². The summed E-state index contributed by atoms with van der Waals surface area (Å²) in [5.74, 6) is -0.725. The molecule has 3 heterocycles. The quantitative estimate of drug-likeness (QED) is 0.624. The predicted molar refractivity (Wildman–Crippen MR) is 118 cm³/mol. The largest absolute Gasteiger partial charge is 0.451 e. The van der Waals surface area contributed by atoms with Gasteiger partial charge >= 0.3 is 11.7 Å². The molecule has 2 aliphatic heterocycles. The van der Waals surface area contributed by atoms with Crippen molar-refractivity contribution in [2.45, 2.75) is 38.4 Å². The monoisotopic (exact) mass is 435 g/mol. The number of ether oxygens (including phenoxy) is 2. The summed E-state index contributed by atoms with van der Waals surface area (Å²) in [6.45, 7) is 4.93. The molecule has 0 radical (unpaired) electrons. The standard InChI is InChI=1S/C24H25N3O5/c1-14(2)15-5-7-20-17(12-15)22(29)32-24(31-20)8-10-27(11-9-24)21(28)16-4-6-18-19(13-16)26(3)23(30)25-18/h4-7,12-14H,8-11H2,1-3H3,(H,25,30). The number of hydrogen-bond donors (Lipinski definition) is 1. The van der Waals surface area contributed by atoms with Crippen LogP contribution in [0.1, 0.15) is 58.9 Å². The third kappa shape index (κ3) is 3.26. The van der Waals surface area contributed by atoms with E-state index in [0.717, 1.165) is 5.56 Å². The minimum atomic E-state index is -1.05. The Hall–Kier alpha value is -3.55. The van der Waals surface area contributed by atoms with Gasteiger partial charge in [0.2, 0.25) is 0 Å². The Labute approximate surface area is 184 Å². The summed E-state index contributed by atoms with van der Waals surface area (Å²) in [6, 6.07) is 10.8. The smallest absolute Gasteiger partial charge is 0.345 e. The van der Waals surface area contributed by atoms with Gasteiger partial charge in [-0.25, -0.2) is 9.59 Å². The second kappa shape index (κ2) is 7.25. The van der Waals surface area contributed by atoms with E-state index >= 15 is 0 Å².